The molecular weight excluding hydrogens is 268 g/mol. The van der Waals surface area contributed by atoms with Crippen LogP contribution < -0.4 is 21.3 Å². The summed E-state index contributed by atoms with van der Waals surface area (Å²) >= 11 is 0. The van der Waals surface area contributed by atoms with E-state index in [1.54, 1.807) is 0 Å². The number of carbonyl (C=O) groups excluding carboxylic acids is 2. The Kier molecular flexibility index (Phi) is 5.16. The van der Waals surface area contributed by atoms with Gasteiger partial charge in [-0.25, -0.2) is 4.79 Å². The van der Waals surface area contributed by atoms with E-state index in [9.17, 15) is 9.59 Å². The maximum Gasteiger partial charge on any atom is 0.321 e. The third kappa shape index (κ3) is 4.19. The number of rotatable bonds is 4. The van der Waals surface area contributed by atoms with Crippen molar-refractivity contribution in [2.24, 2.45) is 5.73 Å². The van der Waals surface area contributed by atoms with E-state index in [2.05, 4.69) is 10.6 Å². The Morgan fingerprint density at radius 3 is 2.90 bits per heavy atom. The average Bonchev–Trinajstić information content (AvgIpc) is 2.44. The predicted molar refractivity (Wildman–Crippen MR) is 82.2 cm³/mol. The predicted octanol–water partition coefficient (Wildman–Crippen LogP) is 0.612. The highest BCUT2D eigenvalue weighted by atomic mass is 16.2. The number of hydrogen-bond acceptors (Lipinski definition) is 4. The van der Waals surface area contributed by atoms with E-state index in [4.69, 9.17) is 5.73 Å². The van der Waals surface area contributed by atoms with Crippen LogP contribution in [0.1, 0.15) is 18.9 Å². The van der Waals surface area contributed by atoms with E-state index in [1.807, 2.05) is 36.1 Å². The van der Waals surface area contributed by atoms with Gasteiger partial charge in [-0.2, -0.15) is 0 Å². The molecule has 1 atom stereocenters. The fourth-order valence-electron chi connectivity index (χ4n) is 2.49. The summed E-state index contributed by atoms with van der Waals surface area (Å²) < 4.78 is 0. The Bertz CT molecular complexity index is 518. The van der Waals surface area contributed by atoms with Gasteiger partial charge in [-0.05, 0) is 24.5 Å². The lowest BCUT2D eigenvalue weighted by molar-refractivity contribution is -0.118. The first kappa shape index (κ1) is 15.3. The maximum absolute atomic E-state index is 11.9. The Morgan fingerprint density at radius 1 is 1.38 bits per heavy atom. The zero-order valence-corrected chi connectivity index (χ0v) is 12.3. The fourth-order valence-corrected chi connectivity index (χ4v) is 2.49. The first-order valence-corrected chi connectivity index (χ1v) is 7.26. The molecule has 1 heterocycles. The van der Waals surface area contributed by atoms with Gasteiger partial charge in [-0.3, -0.25) is 10.1 Å². The molecule has 4 N–H and O–H groups in total. The van der Waals surface area contributed by atoms with Crippen molar-refractivity contribution in [3.05, 3.63) is 29.8 Å². The zero-order valence-electron chi connectivity index (χ0n) is 12.3. The van der Waals surface area contributed by atoms with Gasteiger partial charge >= 0.3 is 6.03 Å². The van der Waals surface area contributed by atoms with Gasteiger partial charge in [-0.15, -0.1) is 0 Å². The molecule has 1 aromatic carbocycles. The van der Waals surface area contributed by atoms with E-state index in [-0.39, 0.29) is 18.5 Å². The van der Waals surface area contributed by atoms with Crippen molar-refractivity contribution >= 4 is 17.6 Å². The molecular formula is C15H22N4O2. The summed E-state index contributed by atoms with van der Waals surface area (Å²) in [6.07, 6.45) is 1.64. The number of nitrogens with two attached hydrogens (primary N) is 1. The van der Waals surface area contributed by atoms with Gasteiger partial charge in [0.05, 0.1) is 6.54 Å². The van der Waals surface area contributed by atoms with E-state index in [0.717, 1.165) is 24.1 Å². The van der Waals surface area contributed by atoms with Crippen LogP contribution in [0.5, 0.6) is 0 Å². The molecule has 2 rings (SSSR count). The number of anilines is 1. The number of nitrogens with zero attached hydrogens (tertiary/aromatic N) is 1. The molecule has 0 fully saturated rings. The van der Waals surface area contributed by atoms with Crippen LogP contribution in [-0.2, 0) is 11.2 Å². The molecule has 21 heavy (non-hydrogen) atoms. The van der Waals surface area contributed by atoms with Gasteiger partial charge in [0.2, 0.25) is 5.91 Å². The minimum Gasteiger partial charge on any atom is -0.360 e. The van der Waals surface area contributed by atoms with Crippen LogP contribution in [0, 0.1) is 0 Å². The normalized spacial score (nSPS) is 17.0. The highest BCUT2D eigenvalue weighted by Crippen LogP contribution is 2.25. The van der Waals surface area contributed by atoms with E-state index in [0.29, 0.717) is 13.1 Å². The first-order valence-electron chi connectivity index (χ1n) is 7.26. The summed E-state index contributed by atoms with van der Waals surface area (Å²) in [6.45, 7) is 3.25. The molecule has 0 radical (unpaired) electrons. The van der Waals surface area contributed by atoms with Crippen molar-refractivity contribution in [2.75, 3.05) is 24.5 Å². The minimum atomic E-state index is -0.448. The maximum atomic E-state index is 11.9. The molecule has 6 heteroatoms. The van der Waals surface area contributed by atoms with Gasteiger partial charge in [-0.1, -0.05) is 25.1 Å². The average molecular weight is 290 g/mol. The van der Waals surface area contributed by atoms with Gasteiger partial charge in [0, 0.05) is 24.8 Å². The zero-order chi connectivity index (χ0) is 15.2. The van der Waals surface area contributed by atoms with Gasteiger partial charge in [0.1, 0.15) is 0 Å². The number of benzene rings is 1. The number of hydrogen-bond donors (Lipinski definition) is 3. The molecule has 0 aliphatic carbocycles. The number of amides is 3. The summed E-state index contributed by atoms with van der Waals surface area (Å²) in [6, 6.07) is 7.46. The lowest BCUT2D eigenvalue weighted by Crippen LogP contribution is -2.49. The molecule has 3 amide bonds. The molecule has 0 aromatic heterocycles. The number of para-hydroxylation sites is 1. The summed E-state index contributed by atoms with van der Waals surface area (Å²) in [5.41, 5.74) is 8.19. The van der Waals surface area contributed by atoms with Crippen molar-refractivity contribution in [1.82, 2.24) is 10.6 Å². The van der Waals surface area contributed by atoms with Crippen LogP contribution in [-0.4, -0.2) is 37.6 Å². The third-order valence-electron chi connectivity index (χ3n) is 3.39. The van der Waals surface area contributed by atoms with Crippen LogP contribution in [0.2, 0.25) is 0 Å². The van der Waals surface area contributed by atoms with E-state index >= 15 is 0 Å². The molecule has 0 saturated heterocycles. The van der Waals surface area contributed by atoms with Crippen LogP contribution in [0.3, 0.4) is 0 Å². The molecule has 1 aliphatic rings. The molecule has 0 saturated carbocycles. The van der Waals surface area contributed by atoms with Crippen molar-refractivity contribution in [2.45, 2.75) is 25.8 Å². The lowest BCUT2D eigenvalue weighted by atomic mass is 9.98. The Morgan fingerprint density at radius 2 is 2.14 bits per heavy atom. The number of nitrogens with one attached hydrogen (secondary N) is 2. The number of fused-ring (bicyclic) bond motifs is 1. The third-order valence-corrected chi connectivity index (χ3v) is 3.39. The van der Waals surface area contributed by atoms with Crippen LogP contribution in [0.25, 0.3) is 0 Å². The molecule has 114 valence electrons. The molecule has 1 unspecified atom stereocenters. The number of carbonyl (C=O) groups is 2. The Hall–Kier alpha value is -2.08. The monoisotopic (exact) mass is 290 g/mol. The molecule has 1 aromatic rings. The molecule has 1 aliphatic heterocycles. The molecule has 0 spiro atoms. The van der Waals surface area contributed by atoms with Crippen molar-refractivity contribution in [3.8, 4) is 0 Å². The van der Waals surface area contributed by atoms with Crippen LogP contribution in [0.4, 0.5) is 10.5 Å². The van der Waals surface area contributed by atoms with Crippen LogP contribution in [0.15, 0.2) is 24.3 Å². The summed E-state index contributed by atoms with van der Waals surface area (Å²) in [5, 5.41) is 4.95. The SMILES string of the molecule is CCCNC(=O)NC(=O)CN1CC(N)Cc2ccccc21. The highest BCUT2D eigenvalue weighted by Gasteiger charge is 2.23. The second kappa shape index (κ2) is 7.08. The van der Waals surface area contributed by atoms with Gasteiger partial charge < -0.3 is 16.0 Å². The standard InChI is InChI=1S/C15H22N4O2/c1-2-7-17-15(21)18-14(20)10-19-9-12(16)8-11-5-3-4-6-13(11)19/h3-6,12H,2,7-10,16H2,1H3,(H2,17,18,20,21). The van der Waals surface area contributed by atoms with E-state index in [1.165, 1.54) is 0 Å². The Balaban J connectivity index is 1.96. The summed E-state index contributed by atoms with van der Waals surface area (Å²) in [5.74, 6) is -0.326. The highest BCUT2D eigenvalue weighted by molar-refractivity contribution is 5.96. The van der Waals surface area contributed by atoms with Crippen molar-refractivity contribution in [3.63, 3.8) is 0 Å². The first-order chi connectivity index (χ1) is 10.1. The van der Waals surface area contributed by atoms with Crippen molar-refractivity contribution in [1.29, 1.82) is 0 Å². The summed E-state index contributed by atoms with van der Waals surface area (Å²) in [4.78, 5) is 25.3. The van der Waals surface area contributed by atoms with Crippen molar-refractivity contribution < 1.29 is 9.59 Å². The Labute approximate surface area is 124 Å². The van der Waals surface area contributed by atoms with E-state index < -0.39 is 6.03 Å². The number of imide groups is 1. The molecule has 0 bridgehead atoms. The number of urea groups is 1. The quantitative estimate of drug-likeness (QED) is 0.758. The van der Waals surface area contributed by atoms with Gasteiger partial charge in [0.25, 0.3) is 0 Å². The fraction of sp³-hybridized carbons (Fsp3) is 0.467. The topological polar surface area (TPSA) is 87.5 Å². The largest absolute Gasteiger partial charge is 0.360 e. The lowest BCUT2D eigenvalue weighted by Gasteiger charge is -2.34. The minimum absolute atomic E-state index is 0.00150. The second-order valence-electron chi connectivity index (χ2n) is 5.28. The van der Waals surface area contributed by atoms with Gasteiger partial charge in [0.15, 0.2) is 0 Å². The summed E-state index contributed by atoms with van der Waals surface area (Å²) in [7, 11) is 0. The smallest absolute Gasteiger partial charge is 0.321 e. The van der Waals surface area contributed by atoms with Crippen LogP contribution >= 0.6 is 0 Å². The second-order valence-corrected chi connectivity index (χ2v) is 5.28. The molecule has 6 nitrogen and oxygen atoms in total.